The third-order valence-electron chi connectivity index (χ3n) is 6.34. The van der Waals surface area contributed by atoms with E-state index in [1.54, 1.807) is 0 Å². The molecule has 4 aromatic rings. The van der Waals surface area contributed by atoms with Crippen LogP contribution in [0.2, 0.25) is 0 Å². The van der Waals surface area contributed by atoms with Crippen molar-refractivity contribution < 1.29 is 0 Å². The zero-order valence-electron chi connectivity index (χ0n) is 17.1. The molecule has 0 amide bonds. The summed E-state index contributed by atoms with van der Waals surface area (Å²) in [5, 5.41) is 5.44. The van der Waals surface area contributed by atoms with Crippen LogP contribution in [-0.2, 0) is 6.42 Å². The molecule has 1 aliphatic rings. The van der Waals surface area contributed by atoms with Gasteiger partial charge in [0, 0.05) is 17.5 Å². The molecule has 152 valence electrons. The number of aromatic nitrogens is 1. The van der Waals surface area contributed by atoms with Crippen molar-refractivity contribution in [1.29, 1.82) is 0 Å². The van der Waals surface area contributed by atoms with Gasteiger partial charge in [-0.3, -0.25) is 0 Å². The Morgan fingerprint density at radius 3 is 2.47 bits per heavy atom. The molecule has 3 nitrogen and oxygen atoms in total. The molecular weight excluding hydrogens is 386 g/mol. The molecule has 0 aliphatic carbocycles. The first-order chi connectivity index (χ1) is 14.8. The summed E-state index contributed by atoms with van der Waals surface area (Å²) in [5.41, 5.74) is 10.8. The molecule has 0 saturated carbocycles. The molecular formula is C26H27N3S. The van der Waals surface area contributed by atoms with Crippen molar-refractivity contribution in [2.24, 2.45) is 0 Å². The van der Waals surface area contributed by atoms with Crippen molar-refractivity contribution >= 4 is 27.2 Å². The molecule has 1 saturated heterocycles. The van der Waals surface area contributed by atoms with Gasteiger partial charge in [-0.1, -0.05) is 66.7 Å². The van der Waals surface area contributed by atoms with E-state index in [0.29, 0.717) is 11.0 Å². The Labute approximate surface area is 182 Å². The van der Waals surface area contributed by atoms with Crippen LogP contribution in [0.15, 0.2) is 72.1 Å². The Kier molecular flexibility index (Phi) is 5.52. The van der Waals surface area contributed by atoms with Crippen LogP contribution in [0.4, 0.5) is 5.13 Å². The normalized spacial score (nSPS) is 15.6. The number of benzene rings is 3. The Hall–Kier alpha value is -2.69. The van der Waals surface area contributed by atoms with Crippen LogP contribution in [-0.4, -0.2) is 29.5 Å². The molecule has 0 bridgehead atoms. The zero-order valence-corrected chi connectivity index (χ0v) is 17.9. The lowest BCUT2D eigenvalue weighted by Crippen LogP contribution is -2.34. The molecule has 30 heavy (non-hydrogen) atoms. The molecule has 2 N–H and O–H groups in total. The van der Waals surface area contributed by atoms with E-state index in [0.717, 1.165) is 24.2 Å². The van der Waals surface area contributed by atoms with E-state index in [4.69, 9.17) is 5.73 Å². The van der Waals surface area contributed by atoms with Crippen LogP contribution in [0.3, 0.4) is 0 Å². The summed E-state index contributed by atoms with van der Waals surface area (Å²) in [7, 11) is 0. The van der Waals surface area contributed by atoms with Gasteiger partial charge in [0.1, 0.15) is 0 Å². The lowest BCUT2D eigenvalue weighted by Gasteiger charge is -2.32. The predicted molar refractivity (Wildman–Crippen MR) is 128 cm³/mol. The van der Waals surface area contributed by atoms with E-state index in [1.807, 2.05) is 5.38 Å². The summed E-state index contributed by atoms with van der Waals surface area (Å²) in [4.78, 5) is 6.99. The Bertz CT molecular complexity index is 1120. The van der Waals surface area contributed by atoms with E-state index < -0.39 is 0 Å². The topological polar surface area (TPSA) is 42.1 Å². The average Bonchev–Trinajstić information content (AvgIpc) is 3.24. The van der Waals surface area contributed by atoms with E-state index in [9.17, 15) is 0 Å². The van der Waals surface area contributed by atoms with Gasteiger partial charge in [-0.05, 0) is 60.2 Å². The maximum absolute atomic E-state index is 5.75. The van der Waals surface area contributed by atoms with Crippen molar-refractivity contribution in [2.75, 3.05) is 25.4 Å². The number of piperidine rings is 1. The number of nitrogens with zero attached hydrogens (tertiary/aromatic N) is 2. The van der Waals surface area contributed by atoms with E-state index in [-0.39, 0.29) is 0 Å². The smallest absolute Gasteiger partial charge is 0.180 e. The molecule has 1 fully saturated rings. The minimum absolute atomic E-state index is 0.626. The minimum atomic E-state index is 0.626. The lowest BCUT2D eigenvalue weighted by molar-refractivity contribution is 0.215. The Morgan fingerprint density at radius 1 is 0.933 bits per heavy atom. The molecule has 0 radical (unpaired) electrons. The van der Waals surface area contributed by atoms with Gasteiger partial charge in [0.05, 0.1) is 5.69 Å². The SMILES string of the molecule is Nc1nc(-c2ccc(CCN3CCC(c4cccc5ccccc45)CC3)cc2)cs1. The van der Waals surface area contributed by atoms with Gasteiger partial charge in [0.2, 0.25) is 0 Å². The standard InChI is InChI=1S/C26H27N3S/c27-26-28-25(18-30-26)22-10-8-19(9-11-22)12-15-29-16-13-21(14-17-29)24-7-3-5-20-4-1-2-6-23(20)24/h1-11,18,21H,12-17H2,(H2,27,28). The van der Waals surface area contributed by atoms with Crippen molar-refractivity contribution in [3.8, 4) is 11.3 Å². The van der Waals surface area contributed by atoms with Crippen LogP contribution < -0.4 is 5.73 Å². The van der Waals surface area contributed by atoms with Gasteiger partial charge in [-0.2, -0.15) is 0 Å². The fourth-order valence-corrected chi connectivity index (χ4v) is 5.20. The van der Waals surface area contributed by atoms with Gasteiger partial charge in [0.25, 0.3) is 0 Å². The first-order valence-corrected chi connectivity index (χ1v) is 11.6. The highest BCUT2D eigenvalue weighted by Crippen LogP contribution is 2.33. The number of thiazole rings is 1. The van der Waals surface area contributed by atoms with Gasteiger partial charge < -0.3 is 10.6 Å². The maximum Gasteiger partial charge on any atom is 0.180 e. The predicted octanol–water partition coefficient (Wildman–Crippen LogP) is 5.97. The molecule has 0 unspecified atom stereocenters. The number of hydrogen-bond acceptors (Lipinski definition) is 4. The number of hydrogen-bond donors (Lipinski definition) is 1. The summed E-state index contributed by atoms with van der Waals surface area (Å²) in [6, 6.07) is 24.4. The summed E-state index contributed by atoms with van der Waals surface area (Å²) >= 11 is 1.49. The largest absolute Gasteiger partial charge is 0.375 e. The minimum Gasteiger partial charge on any atom is -0.375 e. The first-order valence-electron chi connectivity index (χ1n) is 10.8. The number of nitrogens with two attached hydrogens (primary N) is 1. The number of nitrogen functional groups attached to an aromatic ring is 1. The van der Waals surface area contributed by atoms with E-state index in [2.05, 4.69) is 76.6 Å². The molecule has 5 rings (SSSR count). The first kappa shape index (κ1) is 19.3. The van der Waals surface area contributed by atoms with Gasteiger partial charge >= 0.3 is 0 Å². The number of fused-ring (bicyclic) bond motifs is 1. The highest BCUT2D eigenvalue weighted by molar-refractivity contribution is 7.13. The lowest BCUT2D eigenvalue weighted by atomic mass is 9.86. The number of likely N-dealkylation sites (tertiary alicyclic amines) is 1. The van der Waals surface area contributed by atoms with Crippen LogP contribution in [0.25, 0.3) is 22.0 Å². The Balaban J connectivity index is 1.17. The van der Waals surface area contributed by atoms with Crippen LogP contribution in [0, 0.1) is 0 Å². The fraction of sp³-hybridized carbons (Fsp3) is 0.269. The van der Waals surface area contributed by atoms with E-state index >= 15 is 0 Å². The van der Waals surface area contributed by atoms with Crippen LogP contribution >= 0.6 is 11.3 Å². The monoisotopic (exact) mass is 413 g/mol. The fourth-order valence-electron chi connectivity index (χ4n) is 4.62. The second kappa shape index (κ2) is 8.58. The molecule has 3 aromatic carbocycles. The average molecular weight is 414 g/mol. The van der Waals surface area contributed by atoms with E-state index in [1.165, 1.54) is 59.2 Å². The zero-order chi connectivity index (χ0) is 20.3. The highest BCUT2D eigenvalue weighted by atomic mass is 32.1. The summed E-state index contributed by atoms with van der Waals surface area (Å²) in [6.07, 6.45) is 3.59. The molecule has 4 heteroatoms. The van der Waals surface area contributed by atoms with Gasteiger partial charge in [0.15, 0.2) is 5.13 Å². The maximum atomic E-state index is 5.75. The van der Waals surface area contributed by atoms with Crippen LogP contribution in [0.5, 0.6) is 0 Å². The molecule has 2 heterocycles. The van der Waals surface area contributed by atoms with Gasteiger partial charge in [-0.25, -0.2) is 4.98 Å². The van der Waals surface area contributed by atoms with Crippen molar-refractivity contribution in [3.63, 3.8) is 0 Å². The molecule has 1 aliphatic heterocycles. The van der Waals surface area contributed by atoms with Gasteiger partial charge in [-0.15, -0.1) is 11.3 Å². The highest BCUT2D eigenvalue weighted by Gasteiger charge is 2.21. The summed E-state index contributed by atoms with van der Waals surface area (Å²) in [5.74, 6) is 0.678. The number of rotatable bonds is 5. The van der Waals surface area contributed by atoms with Crippen molar-refractivity contribution in [3.05, 3.63) is 83.2 Å². The second-order valence-corrected chi connectivity index (χ2v) is 9.09. The quantitative estimate of drug-likeness (QED) is 0.438. The Morgan fingerprint density at radius 2 is 1.70 bits per heavy atom. The molecule has 0 spiro atoms. The third kappa shape index (κ3) is 4.11. The van der Waals surface area contributed by atoms with Crippen molar-refractivity contribution in [2.45, 2.75) is 25.2 Å². The van der Waals surface area contributed by atoms with Crippen LogP contribution in [0.1, 0.15) is 29.9 Å². The molecule has 0 atom stereocenters. The second-order valence-electron chi connectivity index (χ2n) is 8.20. The number of anilines is 1. The summed E-state index contributed by atoms with van der Waals surface area (Å²) in [6.45, 7) is 3.50. The summed E-state index contributed by atoms with van der Waals surface area (Å²) < 4.78 is 0. The van der Waals surface area contributed by atoms with Crippen molar-refractivity contribution in [1.82, 2.24) is 9.88 Å². The molecule has 1 aromatic heterocycles. The third-order valence-corrected chi connectivity index (χ3v) is 7.01.